The molecule has 32 heavy (non-hydrogen) atoms. The highest BCUT2D eigenvalue weighted by molar-refractivity contribution is 5.63. The molecule has 0 bridgehead atoms. The van der Waals surface area contributed by atoms with Gasteiger partial charge < -0.3 is 14.4 Å². The summed E-state index contributed by atoms with van der Waals surface area (Å²) in [6, 6.07) is 15.2. The van der Waals surface area contributed by atoms with Crippen LogP contribution in [0.4, 0.5) is 0 Å². The minimum absolute atomic E-state index is 0.0993. The number of likely N-dealkylation sites (tertiary alicyclic amines) is 1. The maximum Gasteiger partial charge on any atom is 0.125 e. The van der Waals surface area contributed by atoms with Gasteiger partial charge in [-0.25, -0.2) is 0 Å². The predicted molar refractivity (Wildman–Crippen MR) is 133 cm³/mol. The van der Waals surface area contributed by atoms with Crippen molar-refractivity contribution in [1.29, 1.82) is 0 Å². The predicted octanol–water partition coefficient (Wildman–Crippen LogP) is 7.05. The molecule has 3 nitrogen and oxygen atoms in total. The van der Waals surface area contributed by atoms with Gasteiger partial charge in [0, 0.05) is 43.6 Å². The van der Waals surface area contributed by atoms with Crippen molar-refractivity contribution in [1.82, 2.24) is 4.90 Å². The van der Waals surface area contributed by atoms with E-state index in [1.54, 1.807) is 0 Å². The summed E-state index contributed by atoms with van der Waals surface area (Å²) in [6.07, 6.45) is 3.18. The smallest absolute Gasteiger partial charge is 0.125 e. The van der Waals surface area contributed by atoms with Crippen LogP contribution >= 0.6 is 0 Å². The lowest BCUT2D eigenvalue weighted by Crippen LogP contribution is -2.50. The topological polar surface area (TPSA) is 21.7 Å². The molecule has 0 unspecified atom stereocenters. The summed E-state index contributed by atoms with van der Waals surface area (Å²) in [4.78, 5) is 2.43. The van der Waals surface area contributed by atoms with Crippen molar-refractivity contribution in [3.05, 3.63) is 71.3 Å². The Labute approximate surface area is 194 Å². The van der Waals surface area contributed by atoms with Gasteiger partial charge >= 0.3 is 0 Å². The number of para-hydroxylation sites is 1. The molecule has 2 aliphatic rings. The second kappa shape index (κ2) is 8.59. The lowest BCUT2D eigenvalue weighted by Gasteiger charge is -2.47. The van der Waals surface area contributed by atoms with E-state index in [0.29, 0.717) is 0 Å². The minimum atomic E-state index is -0.156. The van der Waals surface area contributed by atoms with Gasteiger partial charge in [0.1, 0.15) is 11.4 Å². The Morgan fingerprint density at radius 1 is 1.12 bits per heavy atom. The third-order valence-corrected chi connectivity index (χ3v) is 7.01. The molecule has 0 aromatic heterocycles. The van der Waals surface area contributed by atoms with Crippen LogP contribution in [0.15, 0.2) is 49.0 Å². The molecule has 1 fully saturated rings. The number of ether oxygens (including phenoxy) is 2. The zero-order valence-corrected chi connectivity index (χ0v) is 20.7. The molecule has 3 heteroatoms. The molecule has 0 radical (unpaired) electrons. The maximum atomic E-state index is 6.64. The van der Waals surface area contributed by atoms with Crippen molar-refractivity contribution in [2.75, 3.05) is 13.1 Å². The van der Waals surface area contributed by atoms with Crippen LogP contribution < -0.4 is 4.74 Å². The third-order valence-electron chi connectivity index (χ3n) is 7.01. The first-order chi connectivity index (χ1) is 15.1. The summed E-state index contributed by atoms with van der Waals surface area (Å²) in [6.45, 7) is 19.6. The van der Waals surface area contributed by atoms with Gasteiger partial charge in [0.05, 0.1) is 12.2 Å². The summed E-state index contributed by atoms with van der Waals surface area (Å²) in [7, 11) is 0. The number of nitrogens with zero attached hydrogens (tertiary/aromatic N) is 1. The van der Waals surface area contributed by atoms with E-state index < -0.39 is 0 Å². The van der Waals surface area contributed by atoms with Gasteiger partial charge in [-0.2, -0.15) is 0 Å². The monoisotopic (exact) mass is 433 g/mol. The van der Waals surface area contributed by atoms with Crippen LogP contribution in [0.1, 0.15) is 82.2 Å². The SMILES string of the molecule is C=C(c1ccc(C(C)(C)C)c(C)c1)N1CCC2(CC1)C[C@H](OC(C)C)c1ccccc1O2. The van der Waals surface area contributed by atoms with E-state index in [9.17, 15) is 0 Å². The first kappa shape index (κ1) is 22.9. The van der Waals surface area contributed by atoms with Gasteiger partial charge in [-0.15, -0.1) is 0 Å². The van der Waals surface area contributed by atoms with E-state index in [0.717, 1.165) is 43.8 Å². The van der Waals surface area contributed by atoms with E-state index in [-0.39, 0.29) is 23.2 Å². The Balaban J connectivity index is 1.48. The molecule has 0 amide bonds. The van der Waals surface area contributed by atoms with Crippen molar-refractivity contribution in [3.8, 4) is 5.75 Å². The van der Waals surface area contributed by atoms with Crippen LogP contribution in [0.5, 0.6) is 5.75 Å². The Morgan fingerprint density at radius 2 is 1.81 bits per heavy atom. The number of benzene rings is 2. The largest absolute Gasteiger partial charge is 0.487 e. The second-order valence-electron chi connectivity index (χ2n) is 10.9. The average Bonchev–Trinajstić information content (AvgIpc) is 2.72. The molecule has 172 valence electrons. The number of rotatable bonds is 4. The molecule has 2 aromatic rings. The van der Waals surface area contributed by atoms with Gasteiger partial charge in [0.2, 0.25) is 0 Å². The van der Waals surface area contributed by atoms with Crippen molar-refractivity contribution in [2.45, 2.75) is 84.0 Å². The number of hydrogen-bond donors (Lipinski definition) is 0. The molecule has 0 aliphatic carbocycles. The standard InChI is InChI=1S/C29H39NO2/c1-20(2)31-27-19-29(32-26-11-9-8-10-24(26)27)14-16-30(17-15-29)22(4)23-12-13-25(21(3)18-23)28(5,6)7/h8-13,18,20,27H,4,14-17,19H2,1-3,5-7H3/t27-/m0/s1. The summed E-state index contributed by atoms with van der Waals surface area (Å²) >= 11 is 0. The molecule has 2 heterocycles. The number of hydrogen-bond acceptors (Lipinski definition) is 3. The van der Waals surface area contributed by atoms with Gasteiger partial charge in [-0.1, -0.05) is 57.7 Å². The Kier molecular flexibility index (Phi) is 6.15. The Morgan fingerprint density at radius 3 is 2.44 bits per heavy atom. The molecule has 2 aromatic carbocycles. The lowest BCUT2D eigenvalue weighted by molar-refractivity contribution is -0.0860. The van der Waals surface area contributed by atoms with Crippen LogP contribution in [-0.2, 0) is 10.2 Å². The third kappa shape index (κ3) is 4.59. The van der Waals surface area contributed by atoms with Gasteiger partial charge in [-0.05, 0) is 55.0 Å². The van der Waals surface area contributed by atoms with E-state index in [1.807, 2.05) is 0 Å². The minimum Gasteiger partial charge on any atom is -0.487 e. The fraction of sp³-hybridized carbons (Fsp3) is 0.517. The maximum absolute atomic E-state index is 6.64. The van der Waals surface area contributed by atoms with Crippen LogP contribution in [0, 0.1) is 6.92 Å². The highest BCUT2D eigenvalue weighted by Crippen LogP contribution is 2.46. The Bertz CT molecular complexity index is 977. The van der Waals surface area contributed by atoms with Crippen molar-refractivity contribution >= 4 is 5.70 Å². The molecule has 0 saturated carbocycles. The fourth-order valence-corrected chi connectivity index (χ4v) is 5.37. The molecule has 0 N–H and O–H groups in total. The average molecular weight is 434 g/mol. The quantitative estimate of drug-likeness (QED) is 0.516. The van der Waals surface area contributed by atoms with Crippen LogP contribution in [-0.4, -0.2) is 29.7 Å². The summed E-state index contributed by atoms with van der Waals surface area (Å²) in [5.74, 6) is 0.991. The van der Waals surface area contributed by atoms with Crippen molar-refractivity contribution < 1.29 is 9.47 Å². The van der Waals surface area contributed by atoms with Crippen LogP contribution in [0.3, 0.4) is 0 Å². The normalized spacial score (nSPS) is 20.2. The van der Waals surface area contributed by atoms with Crippen molar-refractivity contribution in [2.24, 2.45) is 0 Å². The zero-order chi connectivity index (χ0) is 23.1. The summed E-state index contributed by atoms with van der Waals surface area (Å²) < 4.78 is 13.0. The number of aryl methyl sites for hydroxylation is 1. The van der Waals surface area contributed by atoms with Gasteiger partial charge in [0.25, 0.3) is 0 Å². The molecule has 4 rings (SSSR count). The highest BCUT2D eigenvalue weighted by Gasteiger charge is 2.44. The summed E-state index contributed by atoms with van der Waals surface area (Å²) in [5, 5.41) is 0. The second-order valence-corrected chi connectivity index (χ2v) is 10.9. The molecule has 1 atom stereocenters. The van der Waals surface area contributed by atoms with E-state index in [4.69, 9.17) is 9.47 Å². The highest BCUT2D eigenvalue weighted by atomic mass is 16.5. The number of fused-ring (bicyclic) bond motifs is 1. The van der Waals surface area contributed by atoms with Crippen LogP contribution in [0.25, 0.3) is 5.70 Å². The van der Waals surface area contributed by atoms with Crippen molar-refractivity contribution in [3.63, 3.8) is 0 Å². The molecular weight excluding hydrogens is 394 g/mol. The fourth-order valence-electron chi connectivity index (χ4n) is 5.37. The zero-order valence-electron chi connectivity index (χ0n) is 20.7. The van der Waals surface area contributed by atoms with E-state index in [2.05, 4.69) is 95.5 Å². The summed E-state index contributed by atoms with van der Waals surface area (Å²) in [5.41, 5.74) is 6.27. The first-order valence-electron chi connectivity index (χ1n) is 12.1. The first-order valence-corrected chi connectivity index (χ1v) is 12.1. The van der Waals surface area contributed by atoms with Gasteiger partial charge in [-0.3, -0.25) is 0 Å². The number of piperidine rings is 1. The van der Waals surface area contributed by atoms with E-state index in [1.165, 1.54) is 22.3 Å². The molecular formula is C29H39NO2. The van der Waals surface area contributed by atoms with Crippen LogP contribution in [0.2, 0.25) is 0 Å². The Hall–Kier alpha value is -2.26. The lowest BCUT2D eigenvalue weighted by atomic mass is 9.81. The molecule has 1 spiro atoms. The molecule has 2 aliphatic heterocycles. The van der Waals surface area contributed by atoms with Gasteiger partial charge in [0.15, 0.2) is 0 Å². The molecule has 1 saturated heterocycles. The van der Waals surface area contributed by atoms with E-state index >= 15 is 0 Å².